The normalized spacial score (nSPS) is 25.4. The number of nitrogens with zero attached hydrogens (tertiary/aromatic N) is 1. The second kappa shape index (κ2) is 8.26. The predicted octanol–water partition coefficient (Wildman–Crippen LogP) is 4.06. The third kappa shape index (κ3) is 5.43. The second-order valence-electron chi connectivity index (χ2n) is 7.00. The molecule has 0 aromatic rings. The molecule has 1 saturated heterocycles. The van der Waals surface area contributed by atoms with Gasteiger partial charge in [-0.2, -0.15) is 0 Å². The van der Waals surface area contributed by atoms with Gasteiger partial charge in [-0.15, -0.1) is 0 Å². The summed E-state index contributed by atoms with van der Waals surface area (Å²) in [6.07, 6.45) is 8.07. The molecule has 0 aromatic heterocycles. The van der Waals surface area contributed by atoms with Gasteiger partial charge in [0, 0.05) is 31.2 Å². The Morgan fingerprint density at radius 1 is 1.21 bits per heavy atom. The molecular formula is C17H36N2. The quantitative estimate of drug-likeness (QED) is 0.714. The van der Waals surface area contributed by atoms with Crippen molar-refractivity contribution in [1.29, 1.82) is 0 Å². The molecule has 1 heterocycles. The Labute approximate surface area is 121 Å². The predicted molar refractivity (Wildman–Crippen MR) is 85.7 cm³/mol. The SMILES string of the molecule is CCCCC(CC)CN1CC(CCC)NCC1(C)C. The first-order valence-corrected chi connectivity index (χ1v) is 8.51. The lowest BCUT2D eigenvalue weighted by molar-refractivity contribution is 0.0462. The molecule has 2 atom stereocenters. The molecule has 0 bridgehead atoms. The van der Waals surface area contributed by atoms with Crippen molar-refractivity contribution in [3.05, 3.63) is 0 Å². The summed E-state index contributed by atoms with van der Waals surface area (Å²) < 4.78 is 0. The Morgan fingerprint density at radius 3 is 2.53 bits per heavy atom. The minimum Gasteiger partial charge on any atom is -0.311 e. The number of rotatable bonds is 8. The van der Waals surface area contributed by atoms with Gasteiger partial charge in [0.15, 0.2) is 0 Å². The Morgan fingerprint density at radius 2 is 1.95 bits per heavy atom. The van der Waals surface area contributed by atoms with Gasteiger partial charge in [0.25, 0.3) is 0 Å². The highest BCUT2D eigenvalue weighted by Crippen LogP contribution is 2.24. The van der Waals surface area contributed by atoms with E-state index in [9.17, 15) is 0 Å². The zero-order valence-corrected chi connectivity index (χ0v) is 14.0. The number of hydrogen-bond donors (Lipinski definition) is 1. The zero-order chi connectivity index (χ0) is 14.3. The molecule has 0 aromatic carbocycles. The van der Waals surface area contributed by atoms with Crippen LogP contribution in [0.3, 0.4) is 0 Å². The zero-order valence-electron chi connectivity index (χ0n) is 14.0. The molecule has 1 aliphatic rings. The van der Waals surface area contributed by atoms with Gasteiger partial charge in [0.1, 0.15) is 0 Å². The molecular weight excluding hydrogens is 232 g/mol. The summed E-state index contributed by atoms with van der Waals surface area (Å²) in [4.78, 5) is 2.76. The average Bonchev–Trinajstić information content (AvgIpc) is 2.38. The van der Waals surface area contributed by atoms with Crippen molar-refractivity contribution in [2.75, 3.05) is 19.6 Å². The summed E-state index contributed by atoms with van der Waals surface area (Å²) in [5.74, 6) is 0.889. The van der Waals surface area contributed by atoms with Gasteiger partial charge in [-0.05, 0) is 32.6 Å². The summed E-state index contributed by atoms with van der Waals surface area (Å²) >= 11 is 0. The van der Waals surface area contributed by atoms with E-state index in [-0.39, 0.29) is 0 Å². The van der Waals surface area contributed by atoms with Crippen molar-refractivity contribution < 1.29 is 0 Å². The van der Waals surface area contributed by atoms with Crippen molar-refractivity contribution in [2.45, 2.75) is 84.7 Å². The summed E-state index contributed by atoms with van der Waals surface area (Å²) in [6, 6.07) is 0.710. The lowest BCUT2D eigenvalue weighted by Gasteiger charge is -2.47. The highest BCUT2D eigenvalue weighted by Gasteiger charge is 2.34. The monoisotopic (exact) mass is 268 g/mol. The molecule has 114 valence electrons. The van der Waals surface area contributed by atoms with E-state index in [2.05, 4.69) is 44.8 Å². The van der Waals surface area contributed by atoms with Gasteiger partial charge in [-0.25, -0.2) is 0 Å². The molecule has 0 radical (unpaired) electrons. The maximum Gasteiger partial charge on any atom is 0.0278 e. The Hall–Kier alpha value is -0.0800. The van der Waals surface area contributed by atoms with Gasteiger partial charge >= 0.3 is 0 Å². The first-order chi connectivity index (χ1) is 9.03. The molecule has 0 saturated carbocycles. The Balaban J connectivity index is 2.54. The molecule has 2 heteroatoms. The van der Waals surface area contributed by atoms with Gasteiger partial charge in [-0.1, -0.05) is 46.5 Å². The van der Waals surface area contributed by atoms with Crippen LogP contribution >= 0.6 is 0 Å². The van der Waals surface area contributed by atoms with Gasteiger partial charge in [0.2, 0.25) is 0 Å². The highest BCUT2D eigenvalue weighted by atomic mass is 15.3. The van der Waals surface area contributed by atoms with Crippen LogP contribution in [0.1, 0.15) is 73.1 Å². The summed E-state index contributed by atoms with van der Waals surface area (Å²) in [6.45, 7) is 15.4. The number of nitrogens with one attached hydrogen (secondary N) is 1. The van der Waals surface area contributed by atoms with Crippen LogP contribution in [-0.4, -0.2) is 36.1 Å². The topological polar surface area (TPSA) is 15.3 Å². The molecule has 1 rings (SSSR count). The van der Waals surface area contributed by atoms with Crippen LogP contribution in [0.15, 0.2) is 0 Å². The van der Waals surface area contributed by atoms with E-state index in [1.807, 2.05) is 0 Å². The van der Waals surface area contributed by atoms with E-state index < -0.39 is 0 Å². The maximum absolute atomic E-state index is 3.73. The summed E-state index contributed by atoms with van der Waals surface area (Å²) in [5.41, 5.74) is 0.323. The standard InChI is InChI=1S/C17H36N2/c1-6-9-11-15(8-3)12-19-13-16(10-7-2)18-14-17(19,4)5/h15-16,18H,6-14H2,1-5H3. The molecule has 0 amide bonds. The van der Waals surface area contributed by atoms with Crippen LogP contribution in [0.25, 0.3) is 0 Å². The first-order valence-electron chi connectivity index (χ1n) is 8.51. The van der Waals surface area contributed by atoms with Crippen LogP contribution in [0.2, 0.25) is 0 Å². The first kappa shape index (κ1) is 17.0. The molecule has 1 fully saturated rings. The van der Waals surface area contributed by atoms with Crippen LogP contribution in [0, 0.1) is 5.92 Å². The van der Waals surface area contributed by atoms with E-state index in [1.54, 1.807) is 0 Å². The average molecular weight is 268 g/mol. The van der Waals surface area contributed by atoms with Crippen molar-refractivity contribution in [3.63, 3.8) is 0 Å². The fraction of sp³-hybridized carbons (Fsp3) is 1.00. The molecule has 1 aliphatic heterocycles. The third-order valence-corrected chi connectivity index (χ3v) is 4.78. The number of hydrogen-bond acceptors (Lipinski definition) is 2. The van der Waals surface area contributed by atoms with E-state index in [4.69, 9.17) is 0 Å². The maximum atomic E-state index is 3.73. The molecule has 1 N–H and O–H groups in total. The second-order valence-corrected chi connectivity index (χ2v) is 7.00. The van der Waals surface area contributed by atoms with E-state index >= 15 is 0 Å². The number of unbranched alkanes of at least 4 members (excludes halogenated alkanes) is 1. The molecule has 0 aliphatic carbocycles. The van der Waals surface area contributed by atoms with Crippen molar-refractivity contribution >= 4 is 0 Å². The van der Waals surface area contributed by atoms with E-state index in [0.29, 0.717) is 11.6 Å². The van der Waals surface area contributed by atoms with Gasteiger partial charge in [-0.3, -0.25) is 4.90 Å². The van der Waals surface area contributed by atoms with Crippen molar-refractivity contribution in [2.24, 2.45) is 5.92 Å². The van der Waals surface area contributed by atoms with Crippen LogP contribution in [0.4, 0.5) is 0 Å². The fourth-order valence-electron chi connectivity index (χ4n) is 3.18. The third-order valence-electron chi connectivity index (χ3n) is 4.78. The van der Waals surface area contributed by atoms with Crippen LogP contribution in [0.5, 0.6) is 0 Å². The summed E-state index contributed by atoms with van der Waals surface area (Å²) in [7, 11) is 0. The van der Waals surface area contributed by atoms with Crippen molar-refractivity contribution in [3.8, 4) is 0 Å². The smallest absolute Gasteiger partial charge is 0.0278 e. The summed E-state index contributed by atoms with van der Waals surface area (Å²) in [5, 5.41) is 3.73. The lowest BCUT2D eigenvalue weighted by Crippen LogP contribution is -2.62. The van der Waals surface area contributed by atoms with E-state index in [0.717, 1.165) is 12.5 Å². The Bertz CT molecular complexity index is 237. The lowest BCUT2D eigenvalue weighted by atomic mass is 9.91. The number of piperazine rings is 1. The van der Waals surface area contributed by atoms with Crippen molar-refractivity contribution in [1.82, 2.24) is 10.2 Å². The molecule has 0 spiro atoms. The highest BCUT2D eigenvalue weighted by molar-refractivity contribution is 4.93. The van der Waals surface area contributed by atoms with E-state index in [1.165, 1.54) is 51.6 Å². The largest absolute Gasteiger partial charge is 0.311 e. The fourth-order valence-corrected chi connectivity index (χ4v) is 3.18. The van der Waals surface area contributed by atoms with Crippen LogP contribution < -0.4 is 5.32 Å². The molecule has 19 heavy (non-hydrogen) atoms. The van der Waals surface area contributed by atoms with Gasteiger partial charge < -0.3 is 5.32 Å². The minimum atomic E-state index is 0.323. The Kier molecular flexibility index (Phi) is 7.38. The molecule has 2 unspecified atom stereocenters. The van der Waals surface area contributed by atoms with Crippen LogP contribution in [-0.2, 0) is 0 Å². The molecule has 2 nitrogen and oxygen atoms in total. The van der Waals surface area contributed by atoms with Gasteiger partial charge in [0.05, 0.1) is 0 Å². The minimum absolute atomic E-state index is 0.323.